The summed E-state index contributed by atoms with van der Waals surface area (Å²) in [5.41, 5.74) is 4.92. The zero-order valence-electron chi connectivity index (χ0n) is 8.93. The van der Waals surface area contributed by atoms with E-state index in [-0.39, 0.29) is 24.3 Å². The second kappa shape index (κ2) is 6.13. The molecule has 17 heavy (non-hydrogen) atoms. The molecule has 0 heterocycles. The molecule has 0 aliphatic heterocycles. The Morgan fingerprint density at radius 3 is 2.71 bits per heavy atom. The zero-order chi connectivity index (χ0) is 12.9. The Kier molecular flexibility index (Phi) is 5.10. The summed E-state index contributed by atoms with van der Waals surface area (Å²) in [4.78, 5) is 10.5. The fraction of sp³-hybridized carbons (Fsp3) is 0.300. The number of nitrogens with two attached hydrogens (primary N) is 1. The second-order valence-electron chi connectivity index (χ2n) is 3.30. The summed E-state index contributed by atoms with van der Waals surface area (Å²) in [5.74, 6) is -0.478. The Hall–Kier alpha value is -0.920. The van der Waals surface area contributed by atoms with Crippen LogP contribution in [0, 0.1) is 0 Å². The molecule has 0 bridgehead atoms. The maximum Gasteiger partial charge on any atom is 0.297 e. The number of rotatable bonds is 6. The minimum absolute atomic E-state index is 0.0578. The maximum atomic E-state index is 11.7. The first-order chi connectivity index (χ1) is 7.92. The molecular formula is C10H12BrNO4S. The monoisotopic (exact) mass is 321 g/mol. The first-order valence-electron chi connectivity index (χ1n) is 4.85. The van der Waals surface area contributed by atoms with Crippen molar-refractivity contribution in [2.75, 3.05) is 6.61 Å². The van der Waals surface area contributed by atoms with Crippen LogP contribution in [0.5, 0.6) is 0 Å². The van der Waals surface area contributed by atoms with Crippen LogP contribution in [0.3, 0.4) is 0 Å². The summed E-state index contributed by atoms with van der Waals surface area (Å²) in [7, 11) is -3.76. The van der Waals surface area contributed by atoms with Gasteiger partial charge in [0, 0.05) is 10.9 Å². The molecule has 0 aromatic heterocycles. The van der Waals surface area contributed by atoms with Gasteiger partial charge in [-0.1, -0.05) is 22.0 Å². The summed E-state index contributed by atoms with van der Waals surface area (Å²) in [5, 5.41) is 0. The van der Waals surface area contributed by atoms with Gasteiger partial charge in [-0.25, -0.2) is 0 Å². The maximum absolute atomic E-state index is 11.7. The number of hydrogen-bond donors (Lipinski definition) is 1. The summed E-state index contributed by atoms with van der Waals surface area (Å²) in [6, 6.07) is 6.20. The first kappa shape index (κ1) is 14.1. The molecule has 1 aromatic carbocycles. The van der Waals surface area contributed by atoms with Crippen molar-refractivity contribution in [1.29, 1.82) is 0 Å². The van der Waals surface area contributed by atoms with Gasteiger partial charge >= 0.3 is 0 Å². The van der Waals surface area contributed by atoms with Crippen molar-refractivity contribution in [3.8, 4) is 0 Å². The lowest BCUT2D eigenvalue weighted by molar-refractivity contribution is -0.118. The second-order valence-corrected chi connectivity index (χ2v) is 5.83. The van der Waals surface area contributed by atoms with E-state index in [0.29, 0.717) is 4.47 Å². The molecule has 0 atom stereocenters. The van der Waals surface area contributed by atoms with Crippen molar-refractivity contribution in [3.63, 3.8) is 0 Å². The third kappa shape index (κ3) is 4.84. The Bertz CT molecular complexity index is 501. The van der Waals surface area contributed by atoms with E-state index in [1.54, 1.807) is 12.1 Å². The van der Waals surface area contributed by atoms with Crippen LogP contribution in [0.2, 0.25) is 0 Å². The standard InChI is InChI=1S/C10H12BrNO4S/c11-8-3-1-4-9(7-8)17(14,15)16-6-2-5-10(12)13/h1,3-4,7H,2,5-6H2,(H2,12,13). The van der Waals surface area contributed by atoms with Crippen molar-refractivity contribution < 1.29 is 17.4 Å². The van der Waals surface area contributed by atoms with Gasteiger partial charge in [0.05, 0.1) is 11.5 Å². The van der Waals surface area contributed by atoms with Crippen LogP contribution in [-0.4, -0.2) is 20.9 Å². The number of hydrogen-bond acceptors (Lipinski definition) is 4. The number of benzene rings is 1. The summed E-state index contributed by atoms with van der Waals surface area (Å²) < 4.78 is 28.8. The average molecular weight is 322 g/mol. The predicted molar refractivity (Wildman–Crippen MR) is 65.7 cm³/mol. The van der Waals surface area contributed by atoms with Gasteiger partial charge in [-0.05, 0) is 24.6 Å². The van der Waals surface area contributed by atoms with Crippen LogP contribution < -0.4 is 5.73 Å². The molecule has 0 saturated heterocycles. The predicted octanol–water partition coefficient (Wildman–Crippen LogP) is 1.42. The van der Waals surface area contributed by atoms with Gasteiger partial charge in [-0.3, -0.25) is 8.98 Å². The van der Waals surface area contributed by atoms with Crippen LogP contribution in [-0.2, 0) is 19.1 Å². The van der Waals surface area contributed by atoms with Crippen molar-refractivity contribution >= 4 is 32.0 Å². The van der Waals surface area contributed by atoms with Crippen LogP contribution in [0.4, 0.5) is 0 Å². The van der Waals surface area contributed by atoms with Gasteiger partial charge in [-0.15, -0.1) is 0 Å². The Morgan fingerprint density at radius 2 is 2.12 bits per heavy atom. The number of amides is 1. The Labute approximate surface area is 108 Å². The summed E-state index contributed by atoms with van der Waals surface area (Å²) in [6.45, 7) is -0.0578. The van der Waals surface area contributed by atoms with E-state index in [0.717, 1.165) is 0 Å². The average Bonchev–Trinajstić information content (AvgIpc) is 2.24. The van der Waals surface area contributed by atoms with Gasteiger partial charge in [0.25, 0.3) is 10.1 Å². The normalized spacial score (nSPS) is 11.4. The van der Waals surface area contributed by atoms with Crippen molar-refractivity contribution in [3.05, 3.63) is 28.7 Å². The zero-order valence-corrected chi connectivity index (χ0v) is 11.3. The highest BCUT2D eigenvalue weighted by Gasteiger charge is 2.14. The van der Waals surface area contributed by atoms with E-state index in [2.05, 4.69) is 15.9 Å². The van der Waals surface area contributed by atoms with E-state index < -0.39 is 16.0 Å². The van der Waals surface area contributed by atoms with E-state index in [9.17, 15) is 13.2 Å². The molecule has 0 saturated carbocycles. The highest BCUT2D eigenvalue weighted by atomic mass is 79.9. The largest absolute Gasteiger partial charge is 0.370 e. The van der Waals surface area contributed by atoms with Crippen molar-refractivity contribution in [1.82, 2.24) is 0 Å². The number of carbonyl (C=O) groups excluding carboxylic acids is 1. The molecule has 5 nitrogen and oxygen atoms in total. The van der Waals surface area contributed by atoms with E-state index >= 15 is 0 Å². The third-order valence-corrected chi connectivity index (χ3v) is 3.69. The number of halogens is 1. The molecule has 0 aliphatic rings. The Balaban J connectivity index is 2.60. The minimum atomic E-state index is -3.76. The highest BCUT2D eigenvalue weighted by molar-refractivity contribution is 9.10. The fourth-order valence-electron chi connectivity index (χ4n) is 1.11. The van der Waals surface area contributed by atoms with Gasteiger partial charge in [0.2, 0.25) is 5.91 Å². The quantitative estimate of drug-likeness (QED) is 0.634. The molecule has 0 radical (unpaired) electrons. The lowest BCUT2D eigenvalue weighted by atomic mass is 10.3. The lowest BCUT2D eigenvalue weighted by Gasteiger charge is -2.05. The van der Waals surface area contributed by atoms with Crippen LogP contribution in [0.1, 0.15) is 12.8 Å². The molecule has 1 rings (SSSR count). The molecular weight excluding hydrogens is 310 g/mol. The summed E-state index contributed by atoms with van der Waals surface area (Å²) in [6.07, 6.45) is 0.385. The molecule has 94 valence electrons. The molecule has 0 aliphatic carbocycles. The van der Waals surface area contributed by atoms with E-state index in [1.807, 2.05) is 0 Å². The minimum Gasteiger partial charge on any atom is -0.370 e. The van der Waals surface area contributed by atoms with E-state index in [4.69, 9.17) is 9.92 Å². The number of primary amides is 1. The van der Waals surface area contributed by atoms with Crippen LogP contribution in [0.25, 0.3) is 0 Å². The lowest BCUT2D eigenvalue weighted by Crippen LogP contribution is -2.13. The van der Waals surface area contributed by atoms with Gasteiger partial charge in [-0.2, -0.15) is 8.42 Å². The molecule has 0 fully saturated rings. The van der Waals surface area contributed by atoms with Crippen molar-refractivity contribution in [2.45, 2.75) is 17.7 Å². The SMILES string of the molecule is NC(=O)CCCOS(=O)(=O)c1cccc(Br)c1. The molecule has 7 heteroatoms. The van der Waals surface area contributed by atoms with Gasteiger partial charge in [0.1, 0.15) is 0 Å². The topological polar surface area (TPSA) is 86.5 Å². The molecule has 0 unspecified atom stereocenters. The van der Waals surface area contributed by atoms with Crippen molar-refractivity contribution in [2.24, 2.45) is 5.73 Å². The molecule has 1 aromatic rings. The van der Waals surface area contributed by atoms with Gasteiger partial charge < -0.3 is 5.73 Å². The smallest absolute Gasteiger partial charge is 0.297 e. The van der Waals surface area contributed by atoms with Crippen LogP contribution in [0.15, 0.2) is 33.6 Å². The Morgan fingerprint density at radius 1 is 1.41 bits per heavy atom. The fourth-order valence-corrected chi connectivity index (χ4v) is 2.65. The molecule has 1 amide bonds. The number of carbonyl (C=O) groups is 1. The molecule has 0 spiro atoms. The summed E-state index contributed by atoms with van der Waals surface area (Å²) >= 11 is 3.17. The highest BCUT2D eigenvalue weighted by Crippen LogP contribution is 2.18. The van der Waals surface area contributed by atoms with Gasteiger partial charge in [0.15, 0.2) is 0 Å². The van der Waals surface area contributed by atoms with E-state index in [1.165, 1.54) is 12.1 Å². The molecule has 2 N–H and O–H groups in total. The third-order valence-electron chi connectivity index (χ3n) is 1.89. The first-order valence-corrected chi connectivity index (χ1v) is 7.05. The van der Waals surface area contributed by atoms with Crippen LogP contribution >= 0.6 is 15.9 Å².